The summed E-state index contributed by atoms with van der Waals surface area (Å²) >= 11 is 5.24. The van der Waals surface area contributed by atoms with Crippen molar-refractivity contribution in [1.82, 2.24) is 9.97 Å². The number of hydrogen-bond acceptors (Lipinski definition) is 3. The number of nitrogens with zero attached hydrogens (tertiary/aromatic N) is 1. The summed E-state index contributed by atoms with van der Waals surface area (Å²) in [5.74, 6) is 2.46. The molecule has 0 saturated heterocycles. The minimum absolute atomic E-state index is 0.000754. The molecule has 24 heavy (non-hydrogen) atoms. The van der Waals surface area contributed by atoms with Crippen LogP contribution in [0.3, 0.4) is 0 Å². The van der Waals surface area contributed by atoms with E-state index in [1.165, 1.54) is 0 Å². The first-order valence-corrected chi connectivity index (χ1v) is 9.72. The molecule has 120 valence electrons. The fourth-order valence-electron chi connectivity index (χ4n) is 2.84. The zero-order chi connectivity index (χ0) is 16.5. The Labute approximate surface area is 152 Å². The molecule has 0 atom stereocenters. The molecule has 3 aromatic rings. The van der Waals surface area contributed by atoms with E-state index in [2.05, 4.69) is 50.2 Å². The lowest BCUT2D eigenvalue weighted by molar-refractivity contribution is 0.938. The van der Waals surface area contributed by atoms with Crippen molar-refractivity contribution in [2.45, 2.75) is 12.2 Å². The Balaban J connectivity index is 1.69. The van der Waals surface area contributed by atoms with Crippen LogP contribution < -0.4 is 5.56 Å². The fraction of sp³-hybridized carbons (Fsp3) is 0.158. The summed E-state index contributed by atoms with van der Waals surface area (Å²) in [5, 5.41) is 0. The summed E-state index contributed by atoms with van der Waals surface area (Å²) in [7, 11) is 0. The number of benzene rings is 2. The number of H-pyrrole nitrogens is 1. The Morgan fingerprint density at radius 3 is 2.29 bits per heavy atom. The highest BCUT2D eigenvalue weighted by Crippen LogP contribution is 2.26. The van der Waals surface area contributed by atoms with Gasteiger partial charge in [-0.25, -0.2) is 4.98 Å². The third kappa shape index (κ3) is 3.06. The summed E-state index contributed by atoms with van der Waals surface area (Å²) < 4.78 is 1.07. The number of thioether (sulfide) groups is 1. The van der Waals surface area contributed by atoms with Crippen LogP contribution in [-0.4, -0.2) is 15.7 Å². The Kier molecular flexibility index (Phi) is 4.29. The van der Waals surface area contributed by atoms with E-state index in [4.69, 9.17) is 0 Å². The second kappa shape index (κ2) is 6.57. The molecule has 0 saturated carbocycles. The highest BCUT2D eigenvalue weighted by molar-refractivity contribution is 9.10. The number of halogens is 1. The number of aryl methyl sites for hydroxylation is 1. The topological polar surface area (TPSA) is 45.8 Å². The van der Waals surface area contributed by atoms with Crippen LogP contribution in [0.2, 0.25) is 0 Å². The zero-order valence-corrected chi connectivity index (χ0v) is 15.3. The number of fused-ring (bicyclic) bond motifs is 1. The van der Waals surface area contributed by atoms with Crippen LogP contribution in [0.15, 0.2) is 57.8 Å². The lowest BCUT2D eigenvalue weighted by Gasteiger charge is -2.14. The smallest absolute Gasteiger partial charge is 0.255 e. The monoisotopic (exact) mass is 398 g/mol. The van der Waals surface area contributed by atoms with E-state index in [0.717, 1.165) is 50.3 Å². The van der Waals surface area contributed by atoms with Gasteiger partial charge in [-0.05, 0) is 35.4 Å². The maximum atomic E-state index is 12.3. The molecule has 1 N–H and O–H groups in total. The molecule has 5 heteroatoms. The van der Waals surface area contributed by atoms with Gasteiger partial charge in [-0.3, -0.25) is 4.79 Å². The molecule has 0 bridgehead atoms. The van der Waals surface area contributed by atoms with Gasteiger partial charge in [0, 0.05) is 21.4 Å². The maximum Gasteiger partial charge on any atom is 0.255 e. The minimum atomic E-state index is -0.000754. The second-order valence-corrected chi connectivity index (χ2v) is 7.75. The van der Waals surface area contributed by atoms with Gasteiger partial charge in [0.05, 0.1) is 5.69 Å². The van der Waals surface area contributed by atoms with Gasteiger partial charge in [0.25, 0.3) is 5.56 Å². The van der Waals surface area contributed by atoms with Crippen LogP contribution in [0.25, 0.3) is 22.5 Å². The number of nitrogens with one attached hydrogen (secondary N) is 1. The van der Waals surface area contributed by atoms with Crippen LogP contribution in [0.1, 0.15) is 11.3 Å². The van der Waals surface area contributed by atoms with E-state index in [9.17, 15) is 4.79 Å². The van der Waals surface area contributed by atoms with Crippen molar-refractivity contribution < 1.29 is 0 Å². The molecule has 0 spiro atoms. The number of rotatable bonds is 2. The summed E-state index contributed by atoms with van der Waals surface area (Å²) in [6.07, 6.45) is 0.869. The Morgan fingerprint density at radius 2 is 1.58 bits per heavy atom. The van der Waals surface area contributed by atoms with E-state index in [1.807, 2.05) is 24.3 Å². The number of aromatic nitrogens is 2. The summed E-state index contributed by atoms with van der Waals surface area (Å²) in [6, 6.07) is 16.4. The van der Waals surface area contributed by atoms with Gasteiger partial charge >= 0.3 is 0 Å². The quantitative estimate of drug-likeness (QED) is 0.682. The van der Waals surface area contributed by atoms with Gasteiger partial charge < -0.3 is 4.98 Å². The van der Waals surface area contributed by atoms with E-state index in [-0.39, 0.29) is 5.56 Å². The fourth-order valence-corrected chi connectivity index (χ4v) is 4.09. The van der Waals surface area contributed by atoms with Crippen LogP contribution in [0, 0.1) is 0 Å². The van der Waals surface area contributed by atoms with Crippen molar-refractivity contribution in [3.63, 3.8) is 0 Å². The molecule has 0 unspecified atom stereocenters. The normalized spacial score (nSPS) is 13.5. The Bertz CT molecular complexity index is 933. The van der Waals surface area contributed by atoms with Gasteiger partial charge in [-0.1, -0.05) is 52.3 Å². The second-order valence-electron chi connectivity index (χ2n) is 5.73. The number of aromatic amines is 1. The van der Waals surface area contributed by atoms with Crippen molar-refractivity contribution in [2.75, 3.05) is 5.75 Å². The molecule has 0 aliphatic carbocycles. The highest BCUT2D eigenvalue weighted by atomic mass is 79.9. The molecule has 2 heterocycles. The van der Waals surface area contributed by atoms with Crippen LogP contribution in [-0.2, 0) is 12.2 Å². The molecule has 3 nitrogen and oxygen atoms in total. The predicted molar refractivity (Wildman–Crippen MR) is 103 cm³/mol. The predicted octanol–water partition coefficient (Wildman–Crippen LogP) is 4.66. The minimum Gasteiger partial charge on any atom is -0.306 e. The first kappa shape index (κ1) is 15.7. The molecular formula is C19H15BrN2OS. The van der Waals surface area contributed by atoms with Gasteiger partial charge in [0.15, 0.2) is 0 Å². The van der Waals surface area contributed by atoms with E-state index in [0.29, 0.717) is 5.82 Å². The van der Waals surface area contributed by atoms with Crippen molar-refractivity contribution in [3.8, 4) is 22.5 Å². The first-order chi connectivity index (χ1) is 11.7. The number of hydrogen-bond donors (Lipinski definition) is 1. The van der Waals surface area contributed by atoms with Gasteiger partial charge in [-0.15, -0.1) is 0 Å². The molecule has 1 aromatic heterocycles. The van der Waals surface area contributed by atoms with Crippen LogP contribution in [0.4, 0.5) is 0 Å². The van der Waals surface area contributed by atoms with Crippen molar-refractivity contribution >= 4 is 27.7 Å². The molecular weight excluding hydrogens is 384 g/mol. The third-order valence-electron chi connectivity index (χ3n) is 4.17. The average Bonchev–Trinajstić information content (AvgIpc) is 2.62. The third-order valence-corrected chi connectivity index (χ3v) is 5.68. The average molecular weight is 399 g/mol. The van der Waals surface area contributed by atoms with Crippen molar-refractivity contribution in [3.05, 3.63) is 74.6 Å². The van der Waals surface area contributed by atoms with E-state index >= 15 is 0 Å². The Hall–Kier alpha value is -1.85. The Morgan fingerprint density at radius 1 is 0.958 bits per heavy atom. The van der Waals surface area contributed by atoms with Gasteiger partial charge in [-0.2, -0.15) is 11.8 Å². The molecule has 2 aromatic carbocycles. The van der Waals surface area contributed by atoms with Crippen molar-refractivity contribution in [2.24, 2.45) is 0 Å². The zero-order valence-electron chi connectivity index (χ0n) is 12.9. The lowest BCUT2D eigenvalue weighted by atomic mass is 10.0. The standard InChI is InChI=1S/C19H15BrN2OS/c20-15-7-5-13(6-8-15)12-1-3-14(4-2-12)18-21-17-9-10-24-11-16(17)19(23)22-18/h1-8H,9-11H2,(H,21,22,23). The summed E-state index contributed by atoms with van der Waals surface area (Å²) in [6.45, 7) is 0. The largest absolute Gasteiger partial charge is 0.306 e. The lowest BCUT2D eigenvalue weighted by Crippen LogP contribution is -2.21. The van der Waals surface area contributed by atoms with Gasteiger partial charge in [0.1, 0.15) is 5.82 Å². The van der Waals surface area contributed by atoms with Gasteiger partial charge in [0.2, 0.25) is 0 Å². The molecule has 0 radical (unpaired) electrons. The molecule has 0 fully saturated rings. The van der Waals surface area contributed by atoms with Crippen molar-refractivity contribution in [1.29, 1.82) is 0 Å². The van der Waals surface area contributed by atoms with E-state index < -0.39 is 0 Å². The molecule has 1 aliphatic heterocycles. The SMILES string of the molecule is O=c1[nH]c(-c2ccc(-c3ccc(Br)cc3)cc2)nc2c1CSCC2. The molecule has 4 rings (SSSR count). The molecule has 1 aliphatic rings. The van der Waals surface area contributed by atoms with E-state index in [1.54, 1.807) is 11.8 Å². The summed E-state index contributed by atoms with van der Waals surface area (Å²) in [4.78, 5) is 19.9. The molecule has 0 amide bonds. The highest BCUT2D eigenvalue weighted by Gasteiger charge is 2.16. The van der Waals surface area contributed by atoms with Crippen LogP contribution in [0.5, 0.6) is 0 Å². The first-order valence-electron chi connectivity index (χ1n) is 7.77. The maximum absolute atomic E-state index is 12.3. The summed E-state index contributed by atoms with van der Waals surface area (Å²) in [5.41, 5.74) is 5.02. The van der Waals surface area contributed by atoms with Crippen LogP contribution >= 0.6 is 27.7 Å².